The smallest absolute Gasteiger partial charge is 0.160 e. The molecule has 22 aromatic rings. The van der Waals surface area contributed by atoms with Gasteiger partial charge in [0.15, 0.2) is 11.6 Å². The number of hydrogen-bond acceptors (Lipinski definition) is 6. The van der Waals surface area contributed by atoms with Crippen LogP contribution in [0.4, 0.5) is 0 Å². The van der Waals surface area contributed by atoms with Gasteiger partial charge in [0, 0.05) is 124 Å². The minimum Gasteiger partial charge on any atom is -0.309 e. The van der Waals surface area contributed by atoms with Gasteiger partial charge in [0.05, 0.1) is 66.6 Å². The highest BCUT2D eigenvalue weighted by atomic mass is 32.2. The van der Waals surface area contributed by atoms with E-state index in [1.807, 2.05) is 11.8 Å². The second kappa shape index (κ2) is 22.9. The molecule has 0 saturated heterocycles. The molecule has 6 aromatic heterocycles. The highest BCUT2D eigenvalue weighted by molar-refractivity contribution is 8.00. The number of para-hydroxylation sites is 5. The Kier molecular flexibility index (Phi) is 12.7. The van der Waals surface area contributed by atoms with Gasteiger partial charge in [0.2, 0.25) is 0 Å². The molecular weight excluding hydrogens is 1350 g/mol. The van der Waals surface area contributed by atoms with E-state index in [0.717, 1.165) is 139 Å². The summed E-state index contributed by atoms with van der Waals surface area (Å²) >= 11 is 3.61. The number of aromatic nitrogens is 8. The Balaban J connectivity index is 0.601. The van der Waals surface area contributed by atoms with Crippen molar-refractivity contribution in [3.63, 3.8) is 0 Å². The molecule has 0 unspecified atom stereocenters. The van der Waals surface area contributed by atoms with Crippen LogP contribution in [0.25, 0.3) is 210 Å². The molecular formula is C98H56N8S2. The van der Waals surface area contributed by atoms with Crippen LogP contribution in [0, 0.1) is 0 Å². The molecule has 0 spiro atoms. The first-order chi connectivity index (χ1) is 53.5. The molecule has 16 aromatic carbocycles. The lowest BCUT2D eigenvalue weighted by Gasteiger charge is -2.23. The van der Waals surface area contributed by atoms with Crippen molar-refractivity contribution in [3.8, 4) is 90.3 Å². The van der Waals surface area contributed by atoms with E-state index in [0.29, 0.717) is 5.82 Å². The highest BCUT2D eigenvalue weighted by Gasteiger charge is 2.29. The van der Waals surface area contributed by atoms with Crippen molar-refractivity contribution in [2.45, 2.75) is 19.6 Å². The first-order valence-electron chi connectivity index (χ1n) is 36.6. The molecule has 8 nitrogen and oxygen atoms in total. The maximum atomic E-state index is 5.58. The van der Waals surface area contributed by atoms with Gasteiger partial charge in [-0.25, -0.2) is 19.9 Å². The van der Waals surface area contributed by atoms with Crippen molar-refractivity contribution in [1.82, 2.24) is 38.2 Å². The molecule has 2 aliphatic heterocycles. The van der Waals surface area contributed by atoms with Gasteiger partial charge in [-0.1, -0.05) is 212 Å². The van der Waals surface area contributed by atoms with E-state index in [9.17, 15) is 0 Å². The van der Waals surface area contributed by atoms with Crippen molar-refractivity contribution in [2.75, 3.05) is 0 Å². The highest BCUT2D eigenvalue weighted by Crippen LogP contribution is 2.54. The van der Waals surface area contributed by atoms with Gasteiger partial charge < -0.3 is 18.3 Å². The van der Waals surface area contributed by atoms with Gasteiger partial charge in [-0.05, 0) is 179 Å². The van der Waals surface area contributed by atoms with Crippen LogP contribution in [0.3, 0.4) is 0 Å². The van der Waals surface area contributed by atoms with Crippen molar-refractivity contribution in [2.24, 2.45) is 0 Å². The Morgan fingerprint density at radius 3 is 1.31 bits per heavy atom. The molecule has 0 amide bonds. The van der Waals surface area contributed by atoms with Crippen LogP contribution in [-0.4, -0.2) is 38.2 Å². The Morgan fingerprint density at radius 1 is 0.213 bits per heavy atom. The quantitative estimate of drug-likeness (QED) is 0.151. The summed E-state index contributed by atoms with van der Waals surface area (Å²) in [5.41, 5.74) is 26.3. The Hall–Kier alpha value is -13.6. The number of hydrogen-bond donors (Lipinski definition) is 0. The summed E-state index contributed by atoms with van der Waals surface area (Å²) in [5, 5.41) is 14.3. The van der Waals surface area contributed by atoms with Gasteiger partial charge in [-0.3, -0.25) is 0 Å². The normalized spacial score (nSPS) is 12.6. The first kappa shape index (κ1) is 59.7. The summed E-state index contributed by atoms with van der Waals surface area (Å²) in [4.78, 5) is 26.3. The van der Waals surface area contributed by atoms with Crippen LogP contribution in [0.2, 0.25) is 0 Å². The summed E-state index contributed by atoms with van der Waals surface area (Å²) < 4.78 is 9.68. The summed E-state index contributed by atoms with van der Waals surface area (Å²) in [6.45, 7) is 0. The third-order valence-electron chi connectivity index (χ3n) is 22.6. The molecule has 8 heterocycles. The standard InChI is InChI=1S/C98H56N8S2/c1-2-18-61(19-3-1)106-86-52-41-59(60-40-47-71-69-22-6-10-29-81(69)104(87(71)55-60)63-44-38-57(39-45-63)97-99-79-28-17-35-90-91(79)93(101-97)75-24-8-14-33-88(75)107-90)54-77(86)73-49-48-66-65(26-16-27-72(66)95(73)106)74-50-51-80-92-94(76-25-9-15-34-89(76)108-96(74)92)102-98(100-80)58-36-42-62(43-37-58)103-84-32-13-7-23-70(84)78-56-64(46-53-85(78)103)105-82-30-11-4-20-67(82)68-21-5-12-31-83(68)105/h1-56H. The number of rotatable bonds is 8. The van der Waals surface area contributed by atoms with E-state index in [2.05, 4.69) is 358 Å². The second-order valence-corrected chi connectivity index (χ2v) is 30.5. The fraction of sp³-hybridized carbons (Fsp3) is 0. The van der Waals surface area contributed by atoms with Crippen molar-refractivity contribution >= 4 is 143 Å². The maximum Gasteiger partial charge on any atom is 0.160 e. The number of benzene rings is 16. The van der Waals surface area contributed by atoms with Crippen LogP contribution in [0.1, 0.15) is 0 Å². The predicted octanol–water partition coefficient (Wildman–Crippen LogP) is 26.0. The lowest BCUT2D eigenvalue weighted by atomic mass is 9.94. The SMILES string of the molecule is c1ccc(-n2c3ccc(-c4ccc5c6ccccc6n(-c6ccc(-c7nc8c9c(cccc9n7)Sc7ccccc7-8)cc6)c5c4)cc3c3ccc4c(-c5ccc6nc(-c7ccc(-n8c9ccccc9c9cc(-n%10c%11ccccc%11c%11ccccc%11%10)ccc98)cc7)nc7c6c5Sc5ccccc5-7)cccc4c32)cc1. The molecule has 0 atom stereocenters. The van der Waals surface area contributed by atoms with Crippen molar-refractivity contribution in [3.05, 3.63) is 340 Å². The first-order valence-corrected chi connectivity index (χ1v) is 38.2. The van der Waals surface area contributed by atoms with Gasteiger partial charge >= 0.3 is 0 Å². The molecule has 0 saturated carbocycles. The summed E-state index contributed by atoms with van der Waals surface area (Å²) in [6.07, 6.45) is 0. The predicted molar refractivity (Wildman–Crippen MR) is 448 cm³/mol. The summed E-state index contributed by atoms with van der Waals surface area (Å²) in [6, 6.07) is 124. The van der Waals surface area contributed by atoms with E-state index >= 15 is 0 Å². The second-order valence-electron chi connectivity index (χ2n) is 28.3. The van der Waals surface area contributed by atoms with E-state index in [1.165, 1.54) is 85.1 Å². The summed E-state index contributed by atoms with van der Waals surface area (Å²) in [7, 11) is 0. The van der Waals surface area contributed by atoms with Gasteiger partial charge in [-0.15, -0.1) is 0 Å². The molecule has 500 valence electrons. The van der Waals surface area contributed by atoms with Crippen LogP contribution in [-0.2, 0) is 0 Å². The number of fused-ring (bicyclic) bond motifs is 18. The molecule has 0 bridgehead atoms. The third-order valence-corrected chi connectivity index (χ3v) is 24.9. The molecule has 0 aliphatic carbocycles. The van der Waals surface area contributed by atoms with Crippen LogP contribution < -0.4 is 0 Å². The van der Waals surface area contributed by atoms with E-state index in [1.54, 1.807) is 11.8 Å². The van der Waals surface area contributed by atoms with Crippen LogP contribution in [0.5, 0.6) is 0 Å². The molecule has 0 N–H and O–H groups in total. The Bertz CT molecular complexity index is 7620. The minimum absolute atomic E-state index is 0.694. The Labute approximate surface area is 626 Å². The average Bonchev–Trinajstić information content (AvgIpc) is 1.42. The zero-order valence-corrected chi connectivity index (χ0v) is 59.4. The minimum atomic E-state index is 0.694. The molecule has 0 fully saturated rings. The molecule has 108 heavy (non-hydrogen) atoms. The summed E-state index contributed by atoms with van der Waals surface area (Å²) in [5.74, 6) is 1.41. The molecule has 2 aliphatic rings. The molecule has 0 radical (unpaired) electrons. The third kappa shape index (κ3) is 8.72. The Morgan fingerprint density at radius 2 is 0.639 bits per heavy atom. The van der Waals surface area contributed by atoms with E-state index in [-0.39, 0.29) is 0 Å². The number of nitrogens with zero attached hydrogens (tertiary/aromatic N) is 8. The average molecular weight is 1410 g/mol. The topological polar surface area (TPSA) is 71.3 Å². The van der Waals surface area contributed by atoms with Crippen LogP contribution in [0.15, 0.2) is 359 Å². The zero-order chi connectivity index (χ0) is 70.4. The van der Waals surface area contributed by atoms with Crippen molar-refractivity contribution in [1.29, 1.82) is 0 Å². The van der Waals surface area contributed by atoms with Gasteiger partial charge in [0.25, 0.3) is 0 Å². The van der Waals surface area contributed by atoms with E-state index in [4.69, 9.17) is 19.9 Å². The largest absolute Gasteiger partial charge is 0.309 e. The van der Waals surface area contributed by atoms with Gasteiger partial charge in [-0.2, -0.15) is 0 Å². The lowest BCUT2D eigenvalue weighted by Crippen LogP contribution is -2.02. The van der Waals surface area contributed by atoms with Crippen LogP contribution >= 0.6 is 23.5 Å². The zero-order valence-electron chi connectivity index (χ0n) is 57.7. The van der Waals surface area contributed by atoms with Gasteiger partial charge in [0.1, 0.15) is 0 Å². The molecule has 10 heteroatoms. The fourth-order valence-electron chi connectivity index (χ4n) is 17.8. The van der Waals surface area contributed by atoms with Crippen molar-refractivity contribution < 1.29 is 0 Å². The van der Waals surface area contributed by atoms with E-state index < -0.39 is 0 Å². The maximum absolute atomic E-state index is 5.58. The molecule has 24 rings (SSSR count). The fourth-order valence-corrected chi connectivity index (χ4v) is 20.1. The lowest BCUT2D eigenvalue weighted by molar-refractivity contribution is 1.16. The monoisotopic (exact) mass is 1410 g/mol.